The van der Waals surface area contributed by atoms with Crippen LogP contribution in [0.4, 0.5) is 11.5 Å². The number of para-hydroxylation sites is 1. The van der Waals surface area contributed by atoms with Gasteiger partial charge < -0.3 is 15.1 Å². The molecule has 3 rings (SSSR count). The molecule has 1 aliphatic rings. The molecular formula is C22H28N4O2. The molecule has 6 heteroatoms. The number of piperidine rings is 1. The van der Waals surface area contributed by atoms with Gasteiger partial charge in [0, 0.05) is 32.0 Å². The number of likely N-dealkylation sites (N-methyl/N-ethyl adjacent to an activating group) is 1. The maximum absolute atomic E-state index is 12.9. The van der Waals surface area contributed by atoms with E-state index in [4.69, 9.17) is 0 Å². The van der Waals surface area contributed by atoms with Gasteiger partial charge in [-0.2, -0.15) is 0 Å². The highest BCUT2D eigenvalue weighted by molar-refractivity contribution is 6.00. The lowest BCUT2D eigenvalue weighted by Crippen LogP contribution is -2.37. The fraction of sp³-hybridized carbons (Fsp3) is 0.409. The summed E-state index contributed by atoms with van der Waals surface area (Å²) in [6.07, 6.45) is 4.90. The van der Waals surface area contributed by atoms with E-state index in [2.05, 4.69) is 10.3 Å². The SMILES string of the molecule is Cc1cccc(C)c1NC(=O)CN(C)c1ncccc1C(=O)N1CCCCC1. The Hall–Kier alpha value is -2.89. The average Bonchev–Trinajstić information content (AvgIpc) is 2.71. The van der Waals surface area contributed by atoms with Crippen LogP contribution in [0.2, 0.25) is 0 Å². The lowest BCUT2D eigenvalue weighted by Gasteiger charge is -2.28. The molecule has 0 spiro atoms. The fourth-order valence-electron chi connectivity index (χ4n) is 3.62. The summed E-state index contributed by atoms with van der Waals surface area (Å²) in [5, 5.41) is 2.99. The van der Waals surface area contributed by atoms with E-state index in [1.807, 2.05) is 36.9 Å². The minimum atomic E-state index is -0.137. The number of carbonyl (C=O) groups is 2. The zero-order valence-corrected chi connectivity index (χ0v) is 16.9. The smallest absolute Gasteiger partial charge is 0.257 e. The van der Waals surface area contributed by atoms with Crippen LogP contribution < -0.4 is 10.2 Å². The first-order valence-corrected chi connectivity index (χ1v) is 9.79. The van der Waals surface area contributed by atoms with Crippen molar-refractivity contribution in [1.82, 2.24) is 9.88 Å². The second-order valence-electron chi connectivity index (χ2n) is 7.40. The standard InChI is InChI=1S/C22H28N4O2/c1-16-9-7-10-17(2)20(16)24-19(27)15-25(3)21-18(11-8-12-23-21)22(28)26-13-5-4-6-14-26/h7-12H,4-6,13-15H2,1-3H3,(H,24,27). The van der Waals surface area contributed by atoms with E-state index in [1.165, 1.54) is 6.42 Å². The molecule has 1 aromatic carbocycles. The number of amides is 2. The number of benzene rings is 1. The molecule has 1 aromatic heterocycles. The third-order valence-corrected chi connectivity index (χ3v) is 5.15. The maximum atomic E-state index is 12.9. The van der Waals surface area contributed by atoms with Crippen molar-refractivity contribution in [2.45, 2.75) is 33.1 Å². The van der Waals surface area contributed by atoms with Crippen LogP contribution in [0, 0.1) is 13.8 Å². The van der Waals surface area contributed by atoms with Crippen LogP contribution >= 0.6 is 0 Å². The van der Waals surface area contributed by atoms with Gasteiger partial charge in [0.1, 0.15) is 5.82 Å². The molecule has 0 aliphatic carbocycles. The second kappa shape index (κ2) is 8.87. The van der Waals surface area contributed by atoms with Crippen molar-refractivity contribution in [2.75, 3.05) is 36.9 Å². The number of anilines is 2. The topological polar surface area (TPSA) is 65.5 Å². The van der Waals surface area contributed by atoms with Gasteiger partial charge in [0.05, 0.1) is 12.1 Å². The maximum Gasteiger partial charge on any atom is 0.257 e. The van der Waals surface area contributed by atoms with E-state index in [0.29, 0.717) is 11.4 Å². The van der Waals surface area contributed by atoms with E-state index in [9.17, 15) is 9.59 Å². The summed E-state index contributed by atoms with van der Waals surface area (Å²) < 4.78 is 0. The zero-order chi connectivity index (χ0) is 20.1. The molecule has 1 fully saturated rings. The number of hydrogen-bond donors (Lipinski definition) is 1. The lowest BCUT2D eigenvalue weighted by atomic mass is 10.1. The van der Waals surface area contributed by atoms with E-state index in [-0.39, 0.29) is 18.4 Å². The minimum Gasteiger partial charge on any atom is -0.350 e. The van der Waals surface area contributed by atoms with E-state index < -0.39 is 0 Å². The predicted molar refractivity (Wildman–Crippen MR) is 112 cm³/mol. The Morgan fingerprint density at radius 3 is 2.43 bits per heavy atom. The molecule has 2 aromatic rings. The monoisotopic (exact) mass is 380 g/mol. The van der Waals surface area contributed by atoms with Crippen molar-refractivity contribution in [3.05, 3.63) is 53.2 Å². The van der Waals surface area contributed by atoms with Crippen LogP contribution in [0.5, 0.6) is 0 Å². The molecule has 148 valence electrons. The van der Waals surface area contributed by atoms with E-state index in [1.54, 1.807) is 30.3 Å². The van der Waals surface area contributed by atoms with Gasteiger partial charge in [-0.3, -0.25) is 9.59 Å². The largest absolute Gasteiger partial charge is 0.350 e. The third kappa shape index (κ3) is 4.50. The zero-order valence-electron chi connectivity index (χ0n) is 16.9. The van der Waals surface area contributed by atoms with Gasteiger partial charge in [0.2, 0.25) is 5.91 Å². The molecule has 28 heavy (non-hydrogen) atoms. The predicted octanol–water partition coefficient (Wildman–Crippen LogP) is 3.40. The van der Waals surface area contributed by atoms with Crippen LogP contribution in [0.25, 0.3) is 0 Å². The summed E-state index contributed by atoms with van der Waals surface area (Å²) in [4.78, 5) is 33.6. The Morgan fingerprint density at radius 1 is 1.07 bits per heavy atom. The van der Waals surface area contributed by atoms with Gasteiger partial charge in [0.25, 0.3) is 5.91 Å². The number of hydrogen-bond acceptors (Lipinski definition) is 4. The number of rotatable bonds is 5. The minimum absolute atomic E-state index is 0.00944. The number of nitrogens with one attached hydrogen (secondary N) is 1. The van der Waals surface area contributed by atoms with Crippen LogP contribution in [0.15, 0.2) is 36.5 Å². The van der Waals surface area contributed by atoms with Gasteiger partial charge >= 0.3 is 0 Å². The van der Waals surface area contributed by atoms with Crippen LogP contribution in [-0.2, 0) is 4.79 Å². The molecule has 1 aliphatic heterocycles. The quantitative estimate of drug-likeness (QED) is 0.863. The fourth-order valence-corrected chi connectivity index (χ4v) is 3.62. The molecule has 0 bridgehead atoms. The summed E-state index contributed by atoms with van der Waals surface area (Å²) in [6, 6.07) is 9.48. The molecule has 1 saturated heterocycles. The molecule has 0 unspecified atom stereocenters. The summed E-state index contributed by atoms with van der Waals surface area (Å²) in [7, 11) is 1.79. The average molecular weight is 380 g/mol. The van der Waals surface area contributed by atoms with Crippen molar-refractivity contribution in [1.29, 1.82) is 0 Å². The number of pyridine rings is 1. The Morgan fingerprint density at radius 2 is 1.75 bits per heavy atom. The molecular weight excluding hydrogens is 352 g/mol. The van der Waals surface area contributed by atoms with Gasteiger partial charge in [0.15, 0.2) is 0 Å². The third-order valence-electron chi connectivity index (χ3n) is 5.15. The Kier molecular flexibility index (Phi) is 6.29. The van der Waals surface area contributed by atoms with Crippen molar-refractivity contribution >= 4 is 23.3 Å². The van der Waals surface area contributed by atoms with Gasteiger partial charge in [-0.1, -0.05) is 18.2 Å². The molecule has 0 saturated carbocycles. The van der Waals surface area contributed by atoms with Crippen molar-refractivity contribution in [3.63, 3.8) is 0 Å². The van der Waals surface area contributed by atoms with Gasteiger partial charge in [-0.25, -0.2) is 4.98 Å². The van der Waals surface area contributed by atoms with Crippen LogP contribution in [0.1, 0.15) is 40.7 Å². The van der Waals surface area contributed by atoms with Crippen molar-refractivity contribution < 1.29 is 9.59 Å². The highest BCUT2D eigenvalue weighted by Crippen LogP contribution is 2.22. The van der Waals surface area contributed by atoms with Crippen molar-refractivity contribution in [3.8, 4) is 0 Å². The number of aryl methyl sites for hydroxylation is 2. The highest BCUT2D eigenvalue weighted by atomic mass is 16.2. The summed E-state index contributed by atoms with van der Waals surface area (Å²) >= 11 is 0. The van der Waals surface area contributed by atoms with Gasteiger partial charge in [-0.15, -0.1) is 0 Å². The van der Waals surface area contributed by atoms with Crippen LogP contribution in [0.3, 0.4) is 0 Å². The van der Waals surface area contributed by atoms with Crippen molar-refractivity contribution in [2.24, 2.45) is 0 Å². The number of nitrogens with zero attached hydrogens (tertiary/aromatic N) is 3. The van der Waals surface area contributed by atoms with E-state index >= 15 is 0 Å². The first-order valence-electron chi connectivity index (χ1n) is 9.79. The second-order valence-corrected chi connectivity index (χ2v) is 7.40. The van der Waals surface area contributed by atoms with E-state index in [0.717, 1.165) is 42.7 Å². The Labute approximate surface area is 166 Å². The molecule has 0 atom stereocenters. The number of carbonyl (C=O) groups excluding carboxylic acids is 2. The first kappa shape index (κ1) is 19.9. The molecule has 1 N–H and O–H groups in total. The molecule has 6 nitrogen and oxygen atoms in total. The lowest BCUT2D eigenvalue weighted by molar-refractivity contribution is -0.114. The number of aromatic nitrogens is 1. The molecule has 2 heterocycles. The van der Waals surface area contributed by atoms with Crippen LogP contribution in [-0.4, -0.2) is 48.4 Å². The normalized spacial score (nSPS) is 13.9. The Balaban J connectivity index is 1.73. The molecule has 0 radical (unpaired) electrons. The summed E-state index contributed by atoms with van der Waals surface area (Å²) in [6.45, 7) is 5.62. The van der Waals surface area contributed by atoms with Gasteiger partial charge in [-0.05, 0) is 56.4 Å². The summed E-state index contributed by atoms with van der Waals surface area (Å²) in [5.41, 5.74) is 3.43. The first-order chi connectivity index (χ1) is 13.5. The Bertz CT molecular complexity index is 839. The summed E-state index contributed by atoms with van der Waals surface area (Å²) in [5.74, 6) is 0.390. The highest BCUT2D eigenvalue weighted by Gasteiger charge is 2.23. The molecule has 2 amide bonds. The number of likely N-dealkylation sites (tertiary alicyclic amines) is 1.